The van der Waals surface area contributed by atoms with E-state index in [9.17, 15) is 19.2 Å². The van der Waals surface area contributed by atoms with Gasteiger partial charge < -0.3 is 44.7 Å². The second-order valence-corrected chi connectivity index (χ2v) is 20.1. The summed E-state index contributed by atoms with van der Waals surface area (Å²) in [5, 5.41) is 13.5. The summed E-state index contributed by atoms with van der Waals surface area (Å²) in [5.41, 5.74) is 9.70. The summed E-state index contributed by atoms with van der Waals surface area (Å²) in [7, 11) is 4.80. The number of amides is 3. The molecule has 9 rings (SSSR count). The largest absolute Gasteiger partial charge is 0.453 e. The molecule has 6 atom stereocenters. The number of carbonyl (C=O) groups is 4. The number of likely N-dealkylation sites (tertiary alicyclic amines) is 1. The smallest absolute Gasteiger partial charge is 0.407 e. The Labute approximate surface area is 411 Å². The molecule has 16 heteroatoms. The molecule has 5 N–H and O–H groups in total. The Morgan fingerprint density at radius 3 is 2.43 bits per heavy atom. The number of aromatic amines is 2. The molecule has 70 heavy (non-hydrogen) atoms. The van der Waals surface area contributed by atoms with Gasteiger partial charge in [-0.3, -0.25) is 9.69 Å². The first-order valence-electron chi connectivity index (χ1n) is 25.1. The van der Waals surface area contributed by atoms with E-state index in [2.05, 4.69) is 116 Å². The minimum Gasteiger partial charge on any atom is -0.453 e. The van der Waals surface area contributed by atoms with E-state index in [1.807, 2.05) is 32.4 Å². The SMILES string of the molecule is CN1CCCC1c1ncc[nH]1.COC(=O)NC(C(C)C)C(CCCNC=O)c1nc2ccc(C3C=CC(c4ccc(C)c5oncc45)=C4CCC5(CCCC5)C43)cc2[nH]1.COC(=O)NC(C=O)C(C)C. The van der Waals surface area contributed by atoms with Crippen molar-refractivity contribution in [1.29, 1.82) is 0 Å². The lowest BCUT2D eigenvalue weighted by Crippen LogP contribution is -2.43. The van der Waals surface area contributed by atoms with E-state index >= 15 is 0 Å². The van der Waals surface area contributed by atoms with Crippen LogP contribution < -0.4 is 16.0 Å². The number of benzene rings is 2. The molecule has 5 aromatic rings. The number of hydrogen-bond donors (Lipinski definition) is 5. The molecule has 1 spiro atoms. The van der Waals surface area contributed by atoms with Gasteiger partial charge in [-0.2, -0.15) is 0 Å². The Kier molecular flexibility index (Phi) is 17.3. The number of alkyl carbamates (subject to hydrolysis) is 2. The van der Waals surface area contributed by atoms with E-state index in [0.29, 0.717) is 30.2 Å². The van der Waals surface area contributed by atoms with Crippen LogP contribution >= 0.6 is 0 Å². The molecule has 6 unspecified atom stereocenters. The molecule has 2 saturated carbocycles. The molecule has 0 radical (unpaired) electrons. The summed E-state index contributed by atoms with van der Waals surface area (Å²) in [4.78, 5) is 62.7. The number of imidazole rings is 2. The number of rotatable bonds is 15. The average molecular weight is 960 g/mol. The maximum absolute atomic E-state index is 12.4. The van der Waals surface area contributed by atoms with E-state index in [1.165, 1.54) is 82.4 Å². The highest BCUT2D eigenvalue weighted by Gasteiger charge is 2.51. The Morgan fingerprint density at radius 1 is 1.00 bits per heavy atom. The number of nitrogens with zero attached hydrogens (tertiary/aromatic N) is 4. The number of hydrogen-bond acceptors (Lipinski definition) is 11. The van der Waals surface area contributed by atoms with Crippen molar-refractivity contribution >= 4 is 52.5 Å². The lowest BCUT2D eigenvalue weighted by Gasteiger charge is -2.39. The zero-order valence-corrected chi connectivity index (χ0v) is 42.2. The second-order valence-electron chi connectivity index (χ2n) is 20.1. The number of allylic oxidation sites excluding steroid dienone is 4. The van der Waals surface area contributed by atoms with Crippen molar-refractivity contribution in [2.24, 2.45) is 23.2 Å². The normalized spacial score (nSPS) is 20.6. The molecule has 3 fully saturated rings. The Balaban J connectivity index is 0.000000269. The van der Waals surface area contributed by atoms with Crippen molar-refractivity contribution in [2.75, 3.05) is 34.4 Å². The number of fused-ring (bicyclic) bond motifs is 4. The maximum atomic E-state index is 12.4. The summed E-state index contributed by atoms with van der Waals surface area (Å²) in [6, 6.07) is 11.0. The molecular formula is C54H73N9O7. The highest BCUT2D eigenvalue weighted by molar-refractivity contribution is 5.96. The van der Waals surface area contributed by atoms with Crippen molar-refractivity contribution in [3.63, 3.8) is 0 Å². The van der Waals surface area contributed by atoms with Gasteiger partial charge in [-0.15, -0.1) is 0 Å². The summed E-state index contributed by atoms with van der Waals surface area (Å²) >= 11 is 0. The first kappa shape index (κ1) is 51.6. The molecule has 4 aliphatic rings. The lowest BCUT2D eigenvalue weighted by atomic mass is 9.64. The van der Waals surface area contributed by atoms with Crippen LogP contribution in [0.15, 0.2) is 71.2 Å². The standard InChI is InChI=1S/C39H47N5O4.C8H13N3.C7H13NO3/c1-23(2)35(44-38(46)47-4)30(8-7-19-40-22-45)37-42-32-14-10-25(20-33(32)43-37)26-12-13-27(28-11-9-24(3)36-31(28)21-41-48-36)29-15-18-39(34(26)29)16-5-6-17-39;1-11-6-2-3-7(11)8-9-4-5-10-8;1-5(2)6(4-9)8-7(10)11-3/h9-14,20-23,26,30,34-35H,5-8,15-19H2,1-4H3,(H,40,45)(H,42,43)(H,44,46);4-5,7H,2-3,6H2,1H3,(H,9,10);4-6H,1-3H3,(H,8,10). The number of nitrogens with one attached hydrogen (secondary N) is 5. The Hall–Kier alpha value is -6.29. The molecular weight excluding hydrogens is 887 g/mol. The summed E-state index contributed by atoms with van der Waals surface area (Å²) in [5.74, 6) is 2.83. The number of ether oxygens (including phenoxy) is 2. The number of aldehydes is 1. The highest BCUT2D eigenvalue weighted by Crippen LogP contribution is 2.63. The second kappa shape index (κ2) is 23.5. The van der Waals surface area contributed by atoms with Crippen molar-refractivity contribution in [1.82, 2.24) is 45.9 Å². The topological polar surface area (TPSA) is 209 Å². The maximum Gasteiger partial charge on any atom is 0.407 e. The van der Waals surface area contributed by atoms with Crippen molar-refractivity contribution < 1.29 is 33.2 Å². The van der Waals surface area contributed by atoms with Gasteiger partial charge in [0.15, 0.2) is 5.58 Å². The molecule has 3 aliphatic carbocycles. The lowest BCUT2D eigenvalue weighted by molar-refractivity contribution is -0.110. The van der Waals surface area contributed by atoms with E-state index in [0.717, 1.165) is 64.9 Å². The van der Waals surface area contributed by atoms with Crippen molar-refractivity contribution in [3.05, 3.63) is 95.0 Å². The summed E-state index contributed by atoms with van der Waals surface area (Å²) < 4.78 is 15.0. The van der Waals surface area contributed by atoms with Crippen LogP contribution in [0.2, 0.25) is 0 Å². The highest BCUT2D eigenvalue weighted by atomic mass is 16.5. The molecule has 4 heterocycles. The molecule has 0 bridgehead atoms. The van der Waals surface area contributed by atoms with Gasteiger partial charge in [0.25, 0.3) is 0 Å². The Morgan fingerprint density at radius 2 is 1.77 bits per heavy atom. The van der Waals surface area contributed by atoms with Gasteiger partial charge >= 0.3 is 12.2 Å². The van der Waals surface area contributed by atoms with Gasteiger partial charge in [0.1, 0.15) is 17.9 Å². The molecule has 376 valence electrons. The van der Waals surface area contributed by atoms with E-state index in [4.69, 9.17) is 14.2 Å². The minimum absolute atomic E-state index is 0.0829. The first-order valence-corrected chi connectivity index (χ1v) is 25.1. The van der Waals surface area contributed by atoms with E-state index in [1.54, 1.807) is 5.57 Å². The fraction of sp³-hybridized carbons (Fsp3) is 0.537. The first-order chi connectivity index (χ1) is 33.8. The molecule has 16 nitrogen and oxygen atoms in total. The van der Waals surface area contributed by atoms with Gasteiger partial charge in [-0.05, 0) is 129 Å². The fourth-order valence-electron chi connectivity index (χ4n) is 11.5. The molecule has 3 aromatic heterocycles. The van der Waals surface area contributed by atoms with E-state index in [-0.39, 0.29) is 29.7 Å². The quantitative estimate of drug-likeness (QED) is 0.0493. The van der Waals surface area contributed by atoms with Crippen LogP contribution in [-0.2, 0) is 19.1 Å². The third kappa shape index (κ3) is 11.5. The summed E-state index contributed by atoms with van der Waals surface area (Å²) in [6.07, 6.45) is 22.4. The number of H-pyrrole nitrogens is 2. The van der Waals surface area contributed by atoms with Crippen LogP contribution in [-0.4, -0.2) is 101 Å². The van der Waals surface area contributed by atoms with Crippen LogP contribution in [0.4, 0.5) is 9.59 Å². The molecule has 1 aliphatic heterocycles. The zero-order valence-electron chi connectivity index (χ0n) is 42.2. The van der Waals surface area contributed by atoms with Crippen molar-refractivity contribution in [2.45, 2.75) is 129 Å². The molecule has 2 aromatic carbocycles. The van der Waals surface area contributed by atoms with Crippen molar-refractivity contribution in [3.8, 4) is 0 Å². The predicted molar refractivity (Wildman–Crippen MR) is 271 cm³/mol. The molecule has 1 saturated heterocycles. The monoisotopic (exact) mass is 960 g/mol. The average Bonchev–Trinajstić information content (AvgIpc) is 4.24. The fourth-order valence-corrected chi connectivity index (χ4v) is 11.5. The molecule has 3 amide bonds. The van der Waals surface area contributed by atoms with Gasteiger partial charge in [0.2, 0.25) is 6.41 Å². The number of aromatic nitrogens is 5. The van der Waals surface area contributed by atoms with Gasteiger partial charge in [-0.25, -0.2) is 19.6 Å². The van der Waals surface area contributed by atoms with Crippen LogP contribution in [0.3, 0.4) is 0 Å². The Bertz CT molecular complexity index is 2610. The third-order valence-electron chi connectivity index (χ3n) is 15.2. The zero-order chi connectivity index (χ0) is 50.0. The van der Waals surface area contributed by atoms with E-state index < -0.39 is 18.2 Å². The van der Waals surface area contributed by atoms with Crippen LogP contribution in [0.5, 0.6) is 0 Å². The van der Waals surface area contributed by atoms with Crippen LogP contribution in [0, 0.1) is 30.1 Å². The number of methoxy groups -OCH3 is 2. The summed E-state index contributed by atoms with van der Waals surface area (Å²) in [6.45, 7) is 11.7. The number of carbonyl (C=O) groups excluding carboxylic acids is 4. The predicted octanol–water partition coefficient (Wildman–Crippen LogP) is 9.82. The van der Waals surface area contributed by atoms with Crippen LogP contribution in [0.1, 0.15) is 138 Å². The third-order valence-corrected chi connectivity index (χ3v) is 15.2. The van der Waals surface area contributed by atoms with Crippen LogP contribution in [0.25, 0.3) is 27.6 Å². The number of aryl methyl sites for hydroxylation is 1. The minimum atomic E-state index is -0.573. The van der Waals surface area contributed by atoms with Gasteiger partial charge in [0.05, 0.1) is 43.5 Å². The van der Waals surface area contributed by atoms with Gasteiger partial charge in [0, 0.05) is 42.2 Å². The van der Waals surface area contributed by atoms with Gasteiger partial charge in [-0.1, -0.05) is 81.6 Å².